The van der Waals surface area contributed by atoms with Crippen LogP contribution in [0.25, 0.3) is 0 Å². The van der Waals surface area contributed by atoms with Crippen molar-refractivity contribution in [1.29, 1.82) is 0 Å². The van der Waals surface area contributed by atoms with Crippen molar-refractivity contribution in [3.8, 4) is 0 Å². The van der Waals surface area contributed by atoms with E-state index < -0.39 is 67.4 Å². The van der Waals surface area contributed by atoms with Gasteiger partial charge in [0.1, 0.15) is 24.4 Å². The maximum absolute atomic E-state index is 13.4. The molecule has 1 rings (SSSR count). The van der Waals surface area contributed by atoms with Gasteiger partial charge in [0, 0.05) is 6.42 Å². The lowest BCUT2D eigenvalue weighted by atomic mass is 9.99. The Morgan fingerprint density at radius 1 is 0.475 bits per heavy atom. The molecule has 1 aliphatic heterocycles. The highest BCUT2D eigenvalue weighted by molar-refractivity contribution is 5.80. The Morgan fingerprint density at radius 2 is 0.825 bits per heavy atom. The molecule has 11 nitrogen and oxygen atoms in total. The number of carbonyl (C=O) groups excluding carboxylic acids is 2. The number of esters is 1. The van der Waals surface area contributed by atoms with Gasteiger partial charge in [-0.2, -0.15) is 0 Å². The van der Waals surface area contributed by atoms with E-state index in [9.17, 15) is 35.1 Å². The second-order valence-corrected chi connectivity index (χ2v) is 24.3. The van der Waals surface area contributed by atoms with Crippen LogP contribution < -0.4 is 5.32 Å². The molecule has 1 heterocycles. The molecule has 11 heteroatoms. The number of nitrogens with one attached hydrogen (secondary N) is 1. The fraction of sp³-hybridized carbons (Fsp3) is 0.913. The van der Waals surface area contributed by atoms with Gasteiger partial charge in [-0.15, -0.1) is 0 Å². The van der Waals surface area contributed by atoms with E-state index in [1.807, 2.05) is 6.08 Å². The van der Waals surface area contributed by atoms with Gasteiger partial charge < -0.3 is 45.1 Å². The van der Waals surface area contributed by atoms with E-state index in [4.69, 9.17) is 14.2 Å². The van der Waals surface area contributed by atoms with E-state index >= 15 is 0 Å². The molecule has 1 amide bonds. The van der Waals surface area contributed by atoms with Crippen molar-refractivity contribution in [2.45, 2.75) is 391 Å². The Kier molecular flexibility index (Phi) is 54.8. The van der Waals surface area contributed by atoms with Crippen LogP contribution >= 0.6 is 0 Å². The van der Waals surface area contributed by atoms with Crippen molar-refractivity contribution in [1.82, 2.24) is 5.32 Å². The number of carbonyl (C=O) groups is 2. The fourth-order valence-electron chi connectivity index (χ4n) is 11.1. The van der Waals surface area contributed by atoms with Crippen LogP contribution in [-0.4, -0.2) is 99.6 Å². The summed E-state index contributed by atoms with van der Waals surface area (Å²) in [5.74, 6) is -1.18. The number of hydrogen-bond acceptors (Lipinski definition) is 10. The second kappa shape index (κ2) is 57.6. The molecule has 472 valence electrons. The van der Waals surface area contributed by atoms with E-state index in [1.165, 1.54) is 238 Å². The molecule has 0 aromatic rings. The molecule has 0 aromatic heterocycles. The minimum Gasteiger partial charge on any atom is -0.454 e. The number of ether oxygens (including phenoxy) is 3. The van der Waals surface area contributed by atoms with Crippen LogP contribution in [-0.2, 0) is 23.8 Å². The minimum absolute atomic E-state index is 0.129. The van der Waals surface area contributed by atoms with Gasteiger partial charge in [-0.1, -0.05) is 308 Å². The highest BCUT2D eigenvalue weighted by Crippen LogP contribution is 2.26. The maximum atomic E-state index is 13.4. The predicted molar refractivity (Wildman–Crippen MR) is 334 cm³/mol. The van der Waals surface area contributed by atoms with Gasteiger partial charge in [0.15, 0.2) is 12.4 Å². The van der Waals surface area contributed by atoms with Crippen LogP contribution in [0, 0.1) is 0 Å². The zero-order chi connectivity index (χ0) is 58.2. The third-order valence-corrected chi connectivity index (χ3v) is 16.6. The molecule has 6 N–H and O–H groups in total. The number of allylic oxidation sites excluding steroid dienone is 3. The quantitative estimate of drug-likeness (QED) is 0.0195. The highest BCUT2D eigenvalue weighted by atomic mass is 16.7. The lowest BCUT2D eigenvalue weighted by molar-refractivity contribution is -0.305. The summed E-state index contributed by atoms with van der Waals surface area (Å²) in [6.07, 6.45) is 58.0. The average Bonchev–Trinajstić information content (AvgIpc) is 3.45. The molecule has 0 aromatic carbocycles. The van der Waals surface area contributed by atoms with Crippen molar-refractivity contribution in [2.75, 3.05) is 13.2 Å². The first kappa shape index (κ1) is 76.2. The molecule has 8 unspecified atom stereocenters. The largest absolute Gasteiger partial charge is 0.454 e. The first-order valence-corrected chi connectivity index (χ1v) is 34.6. The van der Waals surface area contributed by atoms with E-state index in [2.05, 4.69) is 38.2 Å². The zero-order valence-corrected chi connectivity index (χ0v) is 52.5. The Labute approximate surface area is 492 Å². The summed E-state index contributed by atoms with van der Waals surface area (Å²) in [4.78, 5) is 26.6. The molecule has 0 spiro atoms. The van der Waals surface area contributed by atoms with Gasteiger partial charge in [0.2, 0.25) is 5.91 Å². The summed E-state index contributed by atoms with van der Waals surface area (Å²) >= 11 is 0. The standard InChI is InChI=1S/C69H131NO10/c1-4-7-10-13-16-19-22-25-26-27-28-29-30-31-32-33-34-35-36-39-42-45-48-51-54-57-64(74)80-67-66(76)65(75)63(58-71)79-69(67)78-59-60(61(72)55-52-49-46-43-40-37-23-20-17-14-11-8-5-2)70-68(77)62(73)56-53-50-47-44-41-38-24-21-18-15-12-9-6-3/h25-26,52,55,60-63,65-67,69,71-73,75-76H,4-24,27-51,53-54,56-59H2,1-3H3,(H,70,77)/b26-25+,55-52+. The van der Waals surface area contributed by atoms with Gasteiger partial charge in [-0.05, 0) is 51.4 Å². The third kappa shape index (κ3) is 44.6. The molecule has 0 radical (unpaired) electrons. The third-order valence-electron chi connectivity index (χ3n) is 16.6. The van der Waals surface area contributed by atoms with Crippen LogP contribution in [0.2, 0.25) is 0 Å². The number of rotatable bonds is 60. The van der Waals surface area contributed by atoms with Crippen molar-refractivity contribution in [3.05, 3.63) is 24.3 Å². The number of aliphatic hydroxyl groups excluding tert-OH is 5. The van der Waals surface area contributed by atoms with Crippen LogP contribution in [0.3, 0.4) is 0 Å². The van der Waals surface area contributed by atoms with Crippen LogP contribution in [0.4, 0.5) is 0 Å². The molecule has 0 aliphatic carbocycles. The molecule has 0 saturated carbocycles. The van der Waals surface area contributed by atoms with Crippen LogP contribution in [0.1, 0.15) is 342 Å². The molecule has 1 aliphatic rings. The predicted octanol–water partition coefficient (Wildman–Crippen LogP) is 17.2. The summed E-state index contributed by atoms with van der Waals surface area (Å²) in [6, 6.07) is -1.02. The molecule has 8 atom stereocenters. The maximum Gasteiger partial charge on any atom is 0.306 e. The van der Waals surface area contributed by atoms with Crippen molar-refractivity contribution < 1.29 is 49.3 Å². The molecular formula is C69H131NO10. The minimum atomic E-state index is -1.61. The molecule has 1 fully saturated rings. The average molecular weight is 1130 g/mol. The Bertz CT molecular complexity index is 1400. The number of amides is 1. The van der Waals surface area contributed by atoms with Crippen LogP contribution in [0.5, 0.6) is 0 Å². The number of unbranched alkanes of at least 4 members (excludes halogenated alkanes) is 44. The molecule has 80 heavy (non-hydrogen) atoms. The van der Waals surface area contributed by atoms with E-state index in [-0.39, 0.29) is 13.0 Å². The van der Waals surface area contributed by atoms with Gasteiger partial charge in [-0.25, -0.2) is 0 Å². The topological polar surface area (TPSA) is 175 Å². The Hall–Kier alpha value is -1.86. The SMILES string of the molecule is CCCCCCCC/C=C/CCCCCCCCCCCCCCCCCC(=O)OC1C(OCC(NC(=O)C(O)CCCCCCCCCCCCCCC)C(O)/C=C/CCCCCCCCCCCCC)OC(CO)C(O)C1O. The second-order valence-electron chi connectivity index (χ2n) is 24.3. The van der Waals surface area contributed by atoms with Gasteiger partial charge in [-0.3, -0.25) is 9.59 Å². The van der Waals surface area contributed by atoms with Crippen molar-refractivity contribution in [3.63, 3.8) is 0 Å². The smallest absolute Gasteiger partial charge is 0.306 e. The first-order valence-electron chi connectivity index (χ1n) is 34.6. The highest BCUT2D eigenvalue weighted by Gasteiger charge is 2.47. The molecule has 0 bridgehead atoms. The summed E-state index contributed by atoms with van der Waals surface area (Å²) in [7, 11) is 0. The van der Waals surface area contributed by atoms with E-state index in [0.29, 0.717) is 19.3 Å². The summed E-state index contributed by atoms with van der Waals surface area (Å²) in [5.41, 5.74) is 0. The molecule has 1 saturated heterocycles. The van der Waals surface area contributed by atoms with E-state index in [0.717, 1.165) is 57.8 Å². The monoisotopic (exact) mass is 1130 g/mol. The Morgan fingerprint density at radius 3 is 1.21 bits per heavy atom. The summed E-state index contributed by atoms with van der Waals surface area (Å²) in [5, 5.41) is 57.1. The van der Waals surface area contributed by atoms with Gasteiger partial charge in [0.25, 0.3) is 0 Å². The number of aliphatic hydroxyl groups is 5. The Balaban J connectivity index is 2.55. The van der Waals surface area contributed by atoms with Gasteiger partial charge in [0.05, 0.1) is 25.4 Å². The lowest BCUT2D eigenvalue weighted by Crippen LogP contribution is -2.61. The van der Waals surface area contributed by atoms with Gasteiger partial charge >= 0.3 is 5.97 Å². The fourth-order valence-corrected chi connectivity index (χ4v) is 11.1. The van der Waals surface area contributed by atoms with Crippen LogP contribution in [0.15, 0.2) is 24.3 Å². The normalized spacial score (nSPS) is 18.8. The van der Waals surface area contributed by atoms with E-state index in [1.54, 1.807) is 6.08 Å². The first-order chi connectivity index (χ1) is 39.2. The number of hydrogen-bond donors (Lipinski definition) is 6. The van der Waals surface area contributed by atoms with Crippen molar-refractivity contribution in [2.24, 2.45) is 0 Å². The summed E-state index contributed by atoms with van der Waals surface area (Å²) in [6.45, 7) is 5.83. The zero-order valence-electron chi connectivity index (χ0n) is 52.5. The van der Waals surface area contributed by atoms with Crippen molar-refractivity contribution >= 4 is 11.9 Å². The lowest BCUT2D eigenvalue weighted by Gasteiger charge is -2.41. The molecular weight excluding hydrogens is 1000 g/mol. The summed E-state index contributed by atoms with van der Waals surface area (Å²) < 4.78 is 17.7.